The minimum absolute atomic E-state index is 0.0301. The number of hydrogen-bond acceptors (Lipinski definition) is 1. The van der Waals surface area contributed by atoms with Crippen molar-refractivity contribution in [2.24, 2.45) is 5.41 Å². The molecule has 0 spiro atoms. The summed E-state index contributed by atoms with van der Waals surface area (Å²) in [6.07, 6.45) is 1.99. The highest BCUT2D eigenvalue weighted by atomic mass is 35.5. The summed E-state index contributed by atoms with van der Waals surface area (Å²) in [4.78, 5) is 0. The van der Waals surface area contributed by atoms with Gasteiger partial charge >= 0.3 is 0 Å². The van der Waals surface area contributed by atoms with Crippen LogP contribution in [0.4, 0.5) is 4.39 Å². The quantitative estimate of drug-likeness (QED) is 0.733. The van der Waals surface area contributed by atoms with E-state index >= 15 is 0 Å². The number of alkyl halides is 1. The van der Waals surface area contributed by atoms with Crippen LogP contribution >= 0.6 is 11.6 Å². The van der Waals surface area contributed by atoms with Gasteiger partial charge in [0.2, 0.25) is 0 Å². The first-order valence-corrected chi connectivity index (χ1v) is 6.48. The summed E-state index contributed by atoms with van der Waals surface area (Å²) in [5, 5.41) is 0.179. The number of rotatable bonds is 3. The highest BCUT2D eigenvalue weighted by Gasteiger charge is 2.51. The SMILES string of the molecule is CCC1(C)C(Cl)CC1Oc1ccc(F)cc1C. The van der Waals surface area contributed by atoms with E-state index in [-0.39, 0.29) is 22.7 Å². The van der Waals surface area contributed by atoms with E-state index in [2.05, 4.69) is 13.8 Å². The van der Waals surface area contributed by atoms with Crippen LogP contribution in [0.1, 0.15) is 32.3 Å². The molecular formula is C14H18ClFO. The molecule has 0 saturated heterocycles. The minimum atomic E-state index is -0.225. The van der Waals surface area contributed by atoms with Crippen molar-refractivity contribution in [1.29, 1.82) is 0 Å². The molecule has 0 bridgehead atoms. The molecule has 1 aliphatic rings. The van der Waals surface area contributed by atoms with Gasteiger partial charge in [0.15, 0.2) is 0 Å². The van der Waals surface area contributed by atoms with Crippen LogP contribution in [-0.4, -0.2) is 11.5 Å². The van der Waals surface area contributed by atoms with E-state index in [4.69, 9.17) is 16.3 Å². The highest BCUT2D eigenvalue weighted by molar-refractivity contribution is 6.21. The standard InChI is InChI=1S/C14H18ClFO/c1-4-14(3)12(15)8-13(14)17-11-6-5-10(16)7-9(11)2/h5-7,12-13H,4,8H2,1-3H3. The van der Waals surface area contributed by atoms with Crippen LogP contribution in [0.2, 0.25) is 0 Å². The first-order valence-electron chi connectivity index (χ1n) is 6.04. The summed E-state index contributed by atoms with van der Waals surface area (Å²) in [5.74, 6) is 0.538. The molecular weight excluding hydrogens is 239 g/mol. The van der Waals surface area contributed by atoms with Crippen molar-refractivity contribution in [2.75, 3.05) is 0 Å². The van der Waals surface area contributed by atoms with Crippen LogP contribution in [0.25, 0.3) is 0 Å². The minimum Gasteiger partial charge on any atom is -0.489 e. The molecule has 3 heteroatoms. The summed E-state index contributed by atoms with van der Waals surface area (Å²) < 4.78 is 18.9. The molecule has 0 N–H and O–H groups in total. The van der Waals surface area contributed by atoms with Crippen LogP contribution in [-0.2, 0) is 0 Å². The fraction of sp³-hybridized carbons (Fsp3) is 0.571. The van der Waals surface area contributed by atoms with Gasteiger partial charge in [-0.3, -0.25) is 0 Å². The van der Waals surface area contributed by atoms with E-state index in [1.165, 1.54) is 12.1 Å². The second-order valence-electron chi connectivity index (χ2n) is 5.08. The van der Waals surface area contributed by atoms with E-state index in [9.17, 15) is 4.39 Å². The fourth-order valence-corrected chi connectivity index (χ4v) is 2.75. The Morgan fingerprint density at radius 3 is 2.76 bits per heavy atom. The average molecular weight is 257 g/mol. The van der Waals surface area contributed by atoms with Crippen molar-refractivity contribution in [3.8, 4) is 5.75 Å². The Hall–Kier alpha value is -0.760. The predicted molar refractivity (Wildman–Crippen MR) is 68.2 cm³/mol. The number of benzene rings is 1. The topological polar surface area (TPSA) is 9.23 Å². The van der Waals surface area contributed by atoms with Crippen molar-refractivity contribution in [3.63, 3.8) is 0 Å². The summed E-state index contributed by atoms with van der Waals surface area (Å²) >= 11 is 6.24. The van der Waals surface area contributed by atoms with Gasteiger partial charge in [0.25, 0.3) is 0 Å². The molecule has 1 aromatic rings. The third-order valence-electron chi connectivity index (χ3n) is 4.04. The molecule has 0 aliphatic heterocycles. The van der Waals surface area contributed by atoms with Gasteiger partial charge in [-0.2, -0.15) is 0 Å². The van der Waals surface area contributed by atoms with Gasteiger partial charge in [0, 0.05) is 17.2 Å². The monoisotopic (exact) mass is 256 g/mol. The summed E-state index contributed by atoms with van der Waals surface area (Å²) in [7, 11) is 0. The number of halogens is 2. The van der Waals surface area contributed by atoms with Crippen molar-refractivity contribution >= 4 is 11.6 Å². The Morgan fingerprint density at radius 1 is 1.53 bits per heavy atom. The van der Waals surface area contributed by atoms with Crippen LogP contribution in [0.15, 0.2) is 18.2 Å². The van der Waals surface area contributed by atoms with E-state index in [0.29, 0.717) is 0 Å². The van der Waals surface area contributed by atoms with E-state index in [0.717, 1.165) is 24.2 Å². The Labute approximate surface area is 107 Å². The van der Waals surface area contributed by atoms with E-state index in [1.807, 2.05) is 6.92 Å². The summed E-state index contributed by atoms with van der Waals surface area (Å²) in [6.45, 7) is 6.14. The molecule has 1 aliphatic carbocycles. The number of ether oxygens (including phenoxy) is 1. The molecule has 17 heavy (non-hydrogen) atoms. The zero-order chi connectivity index (χ0) is 12.6. The lowest BCUT2D eigenvalue weighted by atomic mass is 9.65. The molecule has 0 amide bonds. The lowest BCUT2D eigenvalue weighted by Crippen LogP contribution is -2.55. The third kappa shape index (κ3) is 2.15. The van der Waals surface area contributed by atoms with Crippen molar-refractivity contribution in [1.82, 2.24) is 0 Å². The molecule has 1 nitrogen and oxygen atoms in total. The Kier molecular flexibility index (Phi) is 3.35. The maximum Gasteiger partial charge on any atom is 0.123 e. The number of hydrogen-bond donors (Lipinski definition) is 0. The Bertz CT molecular complexity index is 421. The van der Waals surface area contributed by atoms with E-state index < -0.39 is 0 Å². The van der Waals surface area contributed by atoms with E-state index in [1.54, 1.807) is 6.07 Å². The molecule has 1 aromatic carbocycles. The van der Waals surface area contributed by atoms with Crippen molar-refractivity contribution in [3.05, 3.63) is 29.6 Å². The molecule has 1 saturated carbocycles. The van der Waals surface area contributed by atoms with Gasteiger partial charge in [-0.05, 0) is 37.1 Å². The summed E-state index contributed by atoms with van der Waals surface area (Å²) in [6, 6.07) is 4.63. The number of aryl methyl sites for hydroxylation is 1. The predicted octanol–water partition coefficient (Wildman–Crippen LogP) is 4.31. The Balaban J connectivity index is 2.12. The van der Waals surface area contributed by atoms with Crippen LogP contribution in [0.3, 0.4) is 0 Å². The molecule has 94 valence electrons. The molecule has 0 aromatic heterocycles. The lowest BCUT2D eigenvalue weighted by Gasteiger charge is -2.50. The molecule has 3 atom stereocenters. The second kappa shape index (κ2) is 4.49. The van der Waals surface area contributed by atoms with Crippen LogP contribution < -0.4 is 4.74 Å². The molecule has 0 heterocycles. The summed E-state index contributed by atoms with van der Waals surface area (Å²) in [5.41, 5.74) is 0.865. The Morgan fingerprint density at radius 2 is 2.24 bits per heavy atom. The lowest BCUT2D eigenvalue weighted by molar-refractivity contribution is -0.0298. The molecule has 3 unspecified atom stereocenters. The van der Waals surface area contributed by atoms with Gasteiger partial charge in [0.05, 0.1) is 0 Å². The average Bonchev–Trinajstić information content (AvgIpc) is 2.30. The molecule has 1 fully saturated rings. The van der Waals surface area contributed by atoms with Gasteiger partial charge in [-0.1, -0.05) is 13.8 Å². The van der Waals surface area contributed by atoms with Crippen LogP contribution in [0, 0.1) is 18.2 Å². The molecule has 2 rings (SSSR count). The highest BCUT2D eigenvalue weighted by Crippen LogP contribution is 2.49. The van der Waals surface area contributed by atoms with Crippen molar-refractivity contribution in [2.45, 2.75) is 45.1 Å². The van der Waals surface area contributed by atoms with Gasteiger partial charge in [-0.25, -0.2) is 4.39 Å². The first-order chi connectivity index (χ1) is 7.97. The fourth-order valence-electron chi connectivity index (χ4n) is 2.30. The zero-order valence-electron chi connectivity index (χ0n) is 10.5. The first kappa shape index (κ1) is 12.7. The van der Waals surface area contributed by atoms with Gasteiger partial charge in [-0.15, -0.1) is 11.6 Å². The normalized spacial score (nSPS) is 32.1. The molecule has 0 radical (unpaired) electrons. The largest absolute Gasteiger partial charge is 0.489 e. The zero-order valence-corrected chi connectivity index (χ0v) is 11.2. The van der Waals surface area contributed by atoms with Gasteiger partial charge < -0.3 is 4.74 Å². The van der Waals surface area contributed by atoms with Gasteiger partial charge in [0.1, 0.15) is 17.7 Å². The maximum atomic E-state index is 13.0. The smallest absolute Gasteiger partial charge is 0.123 e. The third-order valence-corrected chi connectivity index (χ3v) is 4.72. The van der Waals surface area contributed by atoms with Crippen LogP contribution in [0.5, 0.6) is 5.75 Å². The maximum absolute atomic E-state index is 13.0. The van der Waals surface area contributed by atoms with Crippen molar-refractivity contribution < 1.29 is 9.13 Å². The second-order valence-corrected chi connectivity index (χ2v) is 5.61.